The molecule has 1 saturated carbocycles. The lowest BCUT2D eigenvalue weighted by atomic mass is 9.71. The lowest BCUT2D eigenvalue weighted by Gasteiger charge is -2.43. The summed E-state index contributed by atoms with van der Waals surface area (Å²) >= 11 is 0. The summed E-state index contributed by atoms with van der Waals surface area (Å²) in [5.74, 6) is 1.85. The van der Waals surface area contributed by atoms with Gasteiger partial charge in [-0.05, 0) is 50.9 Å². The normalized spacial score (nSPS) is 26.7. The van der Waals surface area contributed by atoms with Crippen molar-refractivity contribution in [2.24, 2.45) is 5.92 Å². The second-order valence-electron chi connectivity index (χ2n) is 8.01. The van der Waals surface area contributed by atoms with Gasteiger partial charge in [-0.1, -0.05) is 19.8 Å². The third kappa shape index (κ3) is 4.05. The Morgan fingerprint density at radius 1 is 1.28 bits per heavy atom. The summed E-state index contributed by atoms with van der Waals surface area (Å²) < 4.78 is 6.08. The molecule has 0 bridgehead atoms. The minimum atomic E-state index is -0.244. The van der Waals surface area contributed by atoms with Gasteiger partial charge in [0.25, 0.3) is 0 Å². The van der Waals surface area contributed by atoms with E-state index in [9.17, 15) is 10.2 Å². The van der Waals surface area contributed by atoms with Gasteiger partial charge in [-0.15, -0.1) is 0 Å². The SMILES string of the molecule is CCCCCC(C)Oc1cc(O)c2c(c1)N(C)C[C@@H]1CCC(O)C[C@@H]21. The summed E-state index contributed by atoms with van der Waals surface area (Å²) in [7, 11) is 2.09. The number of anilines is 1. The number of rotatable bonds is 6. The molecular formula is C21H33NO3. The number of phenols is 1. The van der Waals surface area contributed by atoms with Crippen molar-refractivity contribution in [3.05, 3.63) is 17.7 Å². The van der Waals surface area contributed by atoms with Crippen molar-refractivity contribution in [1.29, 1.82) is 0 Å². The molecule has 1 heterocycles. The van der Waals surface area contributed by atoms with Gasteiger partial charge in [0.2, 0.25) is 0 Å². The molecule has 2 unspecified atom stereocenters. The average Bonchev–Trinajstić information content (AvgIpc) is 2.56. The van der Waals surface area contributed by atoms with Crippen molar-refractivity contribution in [2.75, 3.05) is 18.5 Å². The van der Waals surface area contributed by atoms with Gasteiger partial charge in [0.1, 0.15) is 11.5 Å². The van der Waals surface area contributed by atoms with Gasteiger partial charge in [-0.25, -0.2) is 0 Å². The zero-order valence-corrected chi connectivity index (χ0v) is 15.9. The molecule has 3 rings (SSSR count). The van der Waals surface area contributed by atoms with Gasteiger partial charge in [-0.2, -0.15) is 0 Å². The number of fused-ring (bicyclic) bond motifs is 3. The van der Waals surface area contributed by atoms with Crippen LogP contribution in [0.25, 0.3) is 0 Å². The highest BCUT2D eigenvalue weighted by Gasteiger charge is 2.38. The fraction of sp³-hybridized carbons (Fsp3) is 0.714. The zero-order valence-electron chi connectivity index (χ0n) is 15.9. The maximum Gasteiger partial charge on any atom is 0.125 e. The molecule has 0 amide bonds. The molecule has 4 atom stereocenters. The molecule has 25 heavy (non-hydrogen) atoms. The molecule has 4 heteroatoms. The Hall–Kier alpha value is -1.42. The summed E-state index contributed by atoms with van der Waals surface area (Å²) in [5, 5.41) is 20.8. The van der Waals surface area contributed by atoms with Crippen LogP contribution in [0, 0.1) is 5.92 Å². The molecule has 4 nitrogen and oxygen atoms in total. The van der Waals surface area contributed by atoms with E-state index in [1.807, 2.05) is 0 Å². The summed E-state index contributed by atoms with van der Waals surface area (Å²) in [6, 6.07) is 3.84. The Morgan fingerprint density at radius 2 is 2.08 bits per heavy atom. The number of benzene rings is 1. The number of aromatic hydroxyl groups is 1. The van der Waals surface area contributed by atoms with Crippen molar-refractivity contribution >= 4 is 5.69 Å². The minimum Gasteiger partial charge on any atom is -0.507 e. The van der Waals surface area contributed by atoms with E-state index in [0.29, 0.717) is 11.7 Å². The number of aliphatic hydroxyl groups is 1. The number of aliphatic hydroxyl groups excluding tert-OH is 1. The second-order valence-corrected chi connectivity index (χ2v) is 8.01. The van der Waals surface area contributed by atoms with Gasteiger partial charge in [0.15, 0.2) is 0 Å². The summed E-state index contributed by atoms with van der Waals surface area (Å²) in [6.07, 6.45) is 7.24. The number of hydrogen-bond donors (Lipinski definition) is 2. The number of unbranched alkanes of at least 4 members (excludes halogenated alkanes) is 2. The standard InChI is InChI=1S/C21H33NO3/c1-4-5-6-7-14(2)25-17-11-19-21(20(24)12-17)18-10-16(23)9-8-15(18)13-22(19)3/h11-12,14-16,18,23-24H,4-10,13H2,1-3H3/t14?,15-,16?,18+/m0/s1. The summed E-state index contributed by atoms with van der Waals surface area (Å²) in [5.41, 5.74) is 2.06. The lowest BCUT2D eigenvalue weighted by molar-refractivity contribution is 0.0925. The molecule has 0 aromatic heterocycles. The van der Waals surface area contributed by atoms with Crippen molar-refractivity contribution in [2.45, 2.75) is 76.9 Å². The van der Waals surface area contributed by atoms with Gasteiger partial charge < -0.3 is 19.8 Å². The Labute approximate surface area is 151 Å². The topological polar surface area (TPSA) is 52.9 Å². The maximum absolute atomic E-state index is 10.7. The van der Waals surface area contributed by atoms with E-state index < -0.39 is 0 Å². The Balaban J connectivity index is 1.79. The molecule has 1 fully saturated rings. The monoisotopic (exact) mass is 347 g/mol. The molecule has 140 valence electrons. The number of nitrogens with zero attached hydrogens (tertiary/aromatic N) is 1. The largest absolute Gasteiger partial charge is 0.507 e. The predicted octanol–water partition coefficient (Wildman–Crippen LogP) is 4.43. The molecule has 2 aliphatic rings. The first-order chi connectivity index (χ1) is 12.0. The molecule has 0 spiro atoms. The van der Waals surface area contributed by atoms with Crippen LogP contribution >= 0.6 is 0 Å². The van der Waals surface area contributed by atoms with E-state index in [-0.39, 0.29) is 18.1 Å². The number of ether oxygens (including phenoxy) is 1. The van der Waals surface area contributed by atoms with E-state index in [4.69, 9.17) is 4.74 Å². The van der Waals surface area contributed by atoms with Crippen LogP contribution in [0.3, 0.4) is 0 Å². The molecule has 1 aromatic carbocycles. The lowest BCUT2D eigenvalue weighted by Crippen LogP contribution is -2.39. The quantitative estimate of drug-likeness (QED) is 0.747. The Bertz CT molecular complexity index is 589. The first-order valence-electron chi connectivity index (χ1n) is 9.92. The number of hydrogen-bond acceptors (Lipinski definition) is 4. The molecule has 2 N–H and O–H groups in total. The fourth-order valence-electron chi connectivity index (χ4n) is 4.57. The van der Waals surface area contributed by atoms with Gasteiger partial charge in [-0.3, -0.25) is 0 Å². The van der Waals surface area contributed by atoms with Crippen LogP contribution in [0.15, 0.2) is 12.1 Å². The second kappa shape index (κ2) is 7.86. The molecular weight excluding hydrogens is 314 g/mol. The Kier molecular flexibility index (Phi) is 5.78. The summed E-state index contributed by atoms with van der Waals surface area (Å²) in [6.45, 7) is 5.29. The molecule has 0 radical (unpaired) electrons. The fourth-order valence-corrected chi connectivity index (χ4v) is 4.57. The van der Waals surface area contributed by atoms with Crippen molar-refractivity contribution in [3.63, 3.8) is 0 Å². The van der Waals surface area contributed by atoms with Crippen molar-refractivity contribution in [1.82, 2.24) is 0 Å². The predicted molar refractivity (Wildman–Crippen MR) is 102 cm³/mol. The van der Waals surface area contributed by atoms with E-state index >= 15 is 0 Å². The molecule has 1 aliphatic heterocycles. The average molecular weight is 347 g/mol. The van der Waals surface area contributed by atoms with Crippen LogP contribution in [-0.4, -0.2) is 36.0 Å². The van der Waals surface area contributed by atoms with Crippen molar-refractivity contribution in [3.8, 4) is 11.5 Å². The first kappa shape index (κ1) is 18.4. The highest BCUT2D eigenvalue weighted by molar-refractivity contribution is 5.65. The molecule has 0 saturated heterocycles. The summed E-state index contributed by atoms with van der Waals surface area (Å²) in [4.78, 5) is 2.24. The van der Waals surface area contributed by atoms with E-state index in [2.05, 4.69) is 31.9 Å². The van der Waals surface area contributed by atoms with Crippen LogP contribution in [0.4, 0.5) is 5.69 Å². The van der Waals surface area contributed by atoms with Crippen LogP contribution < -0.4 is 9.64 Å². The Morgan fingerprint density at radius 3 is 2.84 bits per heavy atom. The third-order valence-electron chi connectivity index (χ3n) is 5.92. The van der Waals surface area contributed by atoms with Crippen LogP contribution in [-0.2, 0) is 0 Å². The highest BCUT2D eigenvalue weighted by Crippen LogP contribution is 2.50. The van der Waals surface area contributed by atoms with Gasteiger partial charge in [0, 0.05) is 37.0 Å². The first-order valence-corrected chi connectivity index (χ1v) is 9.92. The van der Waals surface area contributed by atoms with Gasteiger partial charge >= 0.3 is 0 Å². The van der Waals surface area contributed by atoms with E-state index in [1.54, 1.807) is 6.07 Å². The molecule has 1 aromatic rings. The number of phenolic OH excluding ortho intramolecular Hbond substituents is 1. The minimum absolute atomic E-state index is 0.155. The smallest absolute Gasteiger partial charge is 0.125 e. The van der Waals surface area contributed by atoms with Crippen LogP contribution in [0.5, 0.6) is 11.5 Å². The zero-order chi connectivity index (χ0) is 18.0. The highest BCUT2D eigenvalue weighted by atomic mass is 16.5. The van der Waals surface area contributed by atoms with Crippen LogP contribution in [0.1, 0.15) is 70.3 Å². The van der Waals surface area contributed by atoms with E-state index in [1.165, 1.54) is 19.3 Å². The van der Waals surface area contributed by atoms with Crippen molar-refractivity contribution < 1.29 is 14.9 Å². The third-order valence-corrected chi connectivity index (χ3v) is 5.92. The van der Waals surface area contributed by atoms with E-state index in [0.717, 1.165) is 49.2 Å². The van der Waals surface area contributed by atoms with Gasteiger partial charge in [0.05, 0.1) is 12.2 Å². The van der Waals surface area contributed by atoms with Crippen LogP contribution in [0.2, 0.25) is 0 Å². The molecule has 1 aliphatic carbocycles. The maximum atomic E-state index is 10.7.